The van der Waals surface area contributed by atoms with Crippen LogP contribution in [0.25, 0.3) is 5.88 Å². The number of hydrogen-bond acceptors (Lipinski definition) is 11. The normalized spacial score (nSPS) is 16.7. The van der Waals surface area contributed by atoms with E-state index < -0.39 is 48.5 Å². The van der Waals surface area contributed by atoms with Crippen molar-refractivity contribution in [3.05, 3.63) is 52.2 Å². The molecule has 3 atom stereocenters. The minimum absolute atomic E-state index is 0.107. The molecule has 0 amide bonds. The Hall–Kier alpha value is -3.19. The molecule has 194 valence electrons. The molecule has 1 aromatic carbocycles. The molecule has 1 unspecified atom stereocenters. The van der Waals surface area contributed by atoms with Gasteiger partial charge in [0.15, 0.2) is 22.8 Å². The highest BCUT2D eigenvalue weighted by atomic mass is 32.2. The van der Waals surface area contributed by atoms with Gasteiger partial charge in [0.1, 0.15) is 24.0 Å². The molecule has 0 bridgehead atoms. The Labute approximate surface area is 211 Å². The fraction of sp³-hybridized carbons (Fsp3) is 0.381. The first-order chi connectivity index (χ1) is 16.9. The molecule has 36 heavy (non-hydrogen) atoms. The Kier molecular flexibility index (Phi) is 8.90. The van der Waals surface area contributed by atoms with E-state index in [0.29, 0.717) is 5.75 Å². The minimum Gasteiger partial charge on any atom is -0.574 e. The van der Waals surface area contributed by atoms with Crippen LogP contribution in [0, 0.1) is 5.82 Å². The van der Waals surface area contributed by atoms with Gasteiger partial charge < -0.3 is 24.8 Å². The molecule has 0 spiro atoms. The Balaban J connectivity index is 1.46. The summed E-state index contributed by atoms with van der Waals surface area (Å²) in [6.07, 6.45) is 0.907. The van der Waals surface area contributed by atoms with Crippen LogP contribution in [0.1, 0.15) is 27.7 Å². The Bertz CT molecular complexity index is 1220. The van der Waals surface area contributed by atoms with Gasteiger partial charge in [-0.2, -0.15) is 10.4 Å². The van der Waals surface area contributed by atoms with Crippen molar-refractivity contribution < 1.29 is 32.8 Å². The third-order valence-corrected chi connectivity index (χ3v) is 5.73. The fourth-order valence-electron chi connectivity index (χ4n) is 2.56. The summed E-state index contributed by atoms with van der Waals surface area (Å²) >= 11 is 1.24. The number of thioether (sulfide) groups is 1. The van der Waals surface area contributed by atoms with Crippen molar-refractivity contribution in [1.29, 1.82) is 0 Å². The maximum Gasteiger partial charge on any atom is 0.412 e. The summed E-state index contributed by atoms with van der Waals surface area (Å²) in [5.41, 5.74) is 5.84. The molecule has 2 aromatic rings. The van der Waals surface area contributed by atoms with Crippen molar-refractivity contribution >= 4 is 37.6 Å². The summed E-state index contributed by atoms with van der Waals surface area (Å²) in [6.45, 7) is 6.86. The summed E-state index contributed by atoms with van der Waals surface area (Å²) in [6, 6.07) is 5.44. The molecule has 0 saturated heterocycles. The van der Waals surface area contributed by atoms with E-state index in [1.807, 2.05) is 0 Å². The van der Waals surface area contributed by atoms with Crippen molar-refractivity contribution in [3.8, 4) is 11.5 Å². The molecule has 0 saturated carbocycles. The molecule has 12 nitrogen and oxygen atoms in total. The van der Waals surface area contributed by atoms with E-state index in [0.717, 1.165) is 10.8 Å². The first-order valence-corrected chi connectivity index (χ1v) is 12.6. The molecule has 0 fully saturated rings. The Morgan fingerprint density at radius 3 is 2.72 bits per heavy atom. The number of anilines is 1. The summed E-state index contributed by atoms with van der Waals surface area (Å²) in [4.78, 5) is 42.9. The predicted octanol–water partition coefficient (Wildman–Crippen LogP) is 2.36. The molecule has 3 N–H and O–H groups in total. The lowest BCUT2D eigenvalue weighted by atomic mass is 10.2. The number of benzene rings is 1. The van der Waals surface area contributed by atoms with E-state index in [1.165, 1.54) is 30.8 Å². The van der Waals surface area contributed by atoms with E-state index in [-0.39, 0.29) is 18.2 Å². The second-order valence-electron chi connectivity index (χ2n) is 8.36. The van der Waals surface area contributed by atoms with Gasteiger partial charge in [-0.1, -0.05) is 11.8 Å². The molecule has 1 aliphatic heterocycles. The van der Waals surface area contributed by atoms with Gasteiger partial charge in [-0.15, -0.1) is 0 Å². The molecule has 3 rings (SSSR count). The number of aromatic nitrogens is 2. The third kappa shape index (κ3) is 7.92. The first-order valence-electron chi connectivity index (χ1n) is 10.6. The number of nitrogen functional groups attached to an aromatic ring is 1. The van der Waals surface area contributed by atoms with E-state index in [9.17, 15) is 18.9 Å². The highest BCUT2D eigenvalue weighted by Crippen LogP contribution is 2.31. The zero-order chi connectivity index (χ0) is 26.5. The van der Waals surface area contributed by atoms with E-state index in [2.05, 4.69) is 15.3 Å². The third-order valence-electron chi connectivity index (χ3n) is 4.21. The van der Waals surface area contributed by atoms with Crippen LogP contribution < -0.4 is 31.0 Å². The van der Waals surface area contributed by atoms with Crippen LogP contribution in [0.2, 0.25) is 0 Å². The second-order valence-corrected chi connectivity index (χ2v) is 10.3. The number of hydrogen-bond donors (Lipinski definition) is 2. The highest BCUT2D eigenvalue weighted by Gasteiger charge is 2.24. The maximum atomic E-state index is 13.6. The summed E-state index contributed by atoms with van der Waals surface area (Å²) in [5.74, 6) is -1.01. The highest BCUT2D eigenvalue weighted by molar-refractivity contribution is 8.03. The zero-order valence-electron chi connectivity index (χ0n) is 19.8. The maximum absolute atomic E-state index is 13.6. The van der Waals surface area contributed by atoms with Crippen LogP contribution in [0.4, 0.5) is 10.2 Å². The Morgan fingerprint density at radius 2 is 2.06 bits per heavy atom. The zero-order valence-corrected chi connectivity index (χ0v) is 21.5. The summed E-state index contributed by atoms with van der Waals surface area (Å²) in [7, 11) is -2.49. The molecule has 0 radical (unpaired) electrons. The smallest absolute Gasteiger partial charge is 0.412 e. The van der Waals surface area contributed by atoms with Gasteiger partial charge in [0.25, 0.3) is 0 Å². The van der Waals surface area contributed by atoms with E-state index in [4.69, 9.17) is 24.5 Å². The van der Waals surface area contributed by atoms with Crippen molar-refractivity contribution in [3.63, 3.8) is 0 Å². The van der Waals surface area contributed by atoms with E-state index in [1.54, 1.807) is 38.3 Å². The van der Waals surface area contributed by atoms with Gasteiger partial charge in [-0.25, -0.2) is 13.8 Å². The van der Waals surface area contributed by atoms with Gasteiger partial charge in [0.05, 0.1) is 6.20 Å². The van der Waals surface area contributed by atoms with Gasteiger partial charge >= 0.3 is 19.8 Å². The average Bonchev–Trinajstić information content (AvgIpc) is 3.27. The fourth-order valence-corrected chi connectivity index (χ4v) is 3.91. The van der Waals surface area contributed by atoms with Crippen molar-refractivity contribution in [2.75, 3.05) is 12.3 Å². The van der Waals surface area contributed by atoms with Gasteiger partial charge in [0.2, 0.25) is 5.88 Å². The van der Waals surface area contributed by atoms with Crippen LogP contribution in [0.5, 0.6) is 11.5 Å². The number of carbonyl (C=O) groups excluding carboxylic acids is 1. The van der Waals surface area contributed by atoms with Crippen molar-refractivity contribution in [2.24, 2.45) is 4.85 Å². The lowest BCUT2D eigenvalue weighted by molar-refractivity contribution is -0.169. The molecular formula is C21H25FN5O7PS. The quantitative estimate of drug-likeness (QED) is 0.272. The van der Waals surface area contributed by atoms with Gasteiger partial charge in [-0.3, -0.25) is 9.32 Å². The first kappa shape index (κ1) is 27.4. The molecular weight excluding hydrogens is 516 g/mol. The van der Waals surface area contributed by atoms with Crippen LogP contribution in [-0.4, -0.2) is 39.2 Å². The number of rotatable bonds is 9. The SMILES string of the molecule is C[C@H](N/N=[P+](\[O-])Oc1ccc(OC[C@H]2OC(n3cc(F)c(N)nc3=O)=CS2)cc1)C(=O)OC(C)(C)C. The molecule has 1 aliphatic rings. The van der Waals surface area contributed by atoms with Crippen molar-refractivity contribution in [2.45, 2.75) is 44.8 Å². The largest absolute Gasteiger partial charge is 0.574 e. The number of nitrogens with one attached hydrogen (secondary N) is 1. The van der Waals surface area contributed by atoms with Gasteiger partial charge in [0, 0.05) is 10.3 Å². The van der Waals surface area contributed by atoms with Crippen molar-refractivity contribution in [1.82, 2.24) is 15.0 Å². The number of carbonyl (C=O) groups is 1. The molecule has 0 aliphatic carbocycles. The molecule has 2 heterocycles. The standard InChI is InChI=1S/C21H25FN5O7PS/c1-12(19(28)33-21(2,3)4)25-26-35(30)34-14-7-5-13(6-8-14)31-10-17-32-16(11-36-17)27-9-15(22)18(23)24-20(27)29/h5-9,11-12,17,25H,10H2,1-4H3,(H2,23,24,29)/t12-,17-/m0/s1. The number of halogens is 1. The number of nitrogens with two attached hydrogens (primary N) is 1. The van der Waals surface area contributed by atoms with Crippen LogP contribution in [0.15, 0.2) is 45.5 Å². The molecule has 1 aromatic heterocycles. The number of nitrogens with zero attached hydrogens (tertiary/aromatic N) is 3. The molecule has 15 heteroatoms. The summed E-state index contributed by atoms with van der Waals surface area (Å²) in [5, 5.41) is 1.54. The lowest BCUT2D eigenvalue weighted by Gasteiger charge is -2.21. The number of esters is 1. The van der Waals surface area contributed by atoms with Gasteiger partial charge in [-0.05, 0) is 52.0 Å². The van der Waals surface area contributed by atoms with Crippen LogP contribution >= 0.6 is 19.9 Å². The average molecular weight is 541 g/mol. The van der Waals surface area contributed by atoms with Crippen LogP contribution in [0.3, 0.4) is 0 Å². The summed E-state index contributed by atoms with van der Waals surface area (Å²) < 4.78 is 36.3. The Morgan fingerprint density at radius 1 is 1.39 bits per heavy atom. The predicted molar refractivity (Wildman–Crippen MR) is 130 cm³/mol. The minimum atomic E-state index is -2.49. The van der Waals surface area contributed by atoms with E-state index >= 15 is 0 Å². The second kappa shape index (κ2) is 11.7. The topological polar surface area (TPSA) is 162 Å². The van der Waals surface area contributed by atoms with Crippen LogP contribution in [-0.2, 0) is 14.3 Å². The lowest BCUT2D eigenvalue weighted by Crippen LogP contribution is -2.36. The monoisotopic (exact) mass is 541 g/mol. The number of ether oxygens (including phenoxy) is 3.